The molecule has 0 saturated carbocycles. The molecule has 2 N–H and O–H groups in total. The monoisotopic (exact) mass is 251 g/mol. The maximum atomic E-state index is 6.10. The molecule has 4 nitrogen and oxygen atoms in total. The highest BCUT2D eigenvalue weighted by atomic mass is 16.3. The van der Waals surface area contributed by atoms with Crippen LogP contribution in [0.3, 0.4) is 0 Å². The molecule has 2 atom stereocenters. The second kappa shape index (κ2) is 5.43. The van der Waals surface area contributed by atoms with Crippen molar-refractivity contribution < 1.29 is 4.42 Å². The first-order valence-corrected chi connectivity index (χ1v) is 6.79. The molecule has 1 saturated heterocycles. The van der Waals surface area contributed by atoms with Crippen LogP contribution in [0, 0.1) is 0 Å². The molecule has 1 fully saturated rings. The first kappa shape index (κ1) is 13.6. The van der Waals surface area contributed by atoms with Gasteiger partial charge in [0.2, 0.25) is 0 Å². The van der Waals surface area contributed by atoms with Gasteiger partial charge in [-0.2, -0.15) is 0 Å². The Morgan fingerprint density at radius 2 is 2.39 bits per heavy atom. The smallest absolute Gasteiger partial charge is 0.117 e. The van der Waals surface area contributed by atoms with Gasteiger partial charge in [0.25, 0.3) is 0 Å². The summed E-state index contributed by atoms with van der Waals surface area (Å²) in [5.74, 6) is 1.02. The maximum absolute atomic E-state index is 6.10. The van der Waals surface area contributed by atoms with Gasteiger partial charge in [-0.15, -0.1) is 0 Å². The van der Waals surface area contributed by atoms with Gasteiger partial charge < -0.3 is 15.1 Å². The summed E-state index contributed by atoms with van der Waals surface area (Å²) in [6, 6.07) is 4.58. The van der Waals surface area contributed by atoms with Crippen LogP contribution in [0.1, 0.15) is 26.0 Å². The van der Waals surface area contributed by atoms with E-state index in [0.29, 0.717) is 12.6 Å². The third kappa shape index (κ3) is 2.46. The van der Waals surface area contributed by atoms with Gasteiger partial charge in [0, 0.05) is 24.7 Å². The Bertz CT molecular complexity index is 353. The van der Waals surface area contributed by atoms with Gasteiger partial charge in [-0.1, -0.05) is 6.92 Å². The summed E-state index contributed by atoms with van der Waals surface area (Å²) < 4.78 is 5.47. The average molecular weight is 251 g/mol. The normalized spacial score (nSPS) is 29.3. The van der Waals surface area contributed by atoms with Crippen LogP contribution in [0.2, 0.25) is 0 Å². The van der Waals surface area contributed by atoms with Crippen molar-refractivity contribution >= 4 is 0 Å². The Labute approximate surface area is 110 Å². The lowest BCUT2D eigenvalue weighted by Gasteiger charge is -2.39. The molecule has 2 rings (SSSR count). The standard InChI is InChI=1S/C14H25N3O/c1-4-17(9-13-6-5-7-18-13)14(10-15)8-12(2)16(3)11-14/h5-7,12H,4,8-11,15H2,1-3H3. The second-order valence-corrected chi connectivity index (χ2v) is 5.49. The van der Waals surface area contributed by atoms with Gasteiger partial charge in [0.1, 0.15) is 5.76 Å². The molecule has 1 aliphatic rings. The SMILES string of the molecule is CCN(Cc1ccco1)C1(CN)CC(C)N(C)C1. The summed E-state index contributed by atoms with van der Waals surface area (Å²) in [7, 11) is 2.18. The lowest BCUT2D eigenvalue weighted by atomic mass is 9.93. The highest BCUT2D eigenvalue weighted by Crippen LogP contribution is 2.31. The highest BCUT2D eigenvalue weighted by Gasteiger charge is 2.43. The molecule has 2 heterocycles. The Balaban J connectivity index is 2.14. The van der Waals surface area contributed by atoms with E-state index in [4.69, 9.17) is 10.2 Å². The van der Waals surface area contributed by atoms with Gasteiger partial charge in [-0.25, -0.2) is 0 Å². The number of furan rings is 1. The van der Waals surface area contributed by atoms with E-state index in [1.165, 1.54) is 0 Å². The zero-order chi connectivity index (χ0) is 13.2. The number of likely N-dealkylation sites (tertiary alicyclic amines) is 1. The zero-order valence-corrected chi connectivity index (χ0v) is 11.7. The number of likely N-dealkylation sites (N-methyl/N-ethyl adjacent to an activating group) is 2. The Kier molecular flexibility index (Phi) is 4.10. The minimum atomic E-state index is 0.0930. The molecule has 1 aromatic heterocycles. The molecule has 0 bridgehead atoms. The van der Waals surface area contributed by atoms with Crippen molar-refractivity contribution in [1.82, 2.24) is 9.80 Å². The molecule has 2 unspecified atom stereocenters. The molecule has 0 radical (unpaired) electrons. The Morgan fingerprint density at radius 1 is 1.61 bits per heavy atom. The van der Waals surface area contributed by atoms with Gasteiger partial charge in [0.05, 0.1) is 12.8 Å². The molecule has 0 aliphatic carbocycles. The molecule has 1 aliphatic heterocycles. The summed E-state index contributed by atoms with van der Waals surface area (Å²) in [5, 5.41) is 0. The van der Waals surface area contributed by atoms with Crippen LogP contribution in [-0.4, -0.2) is 48.1 Å². The fraction of sp³-hybridized carbons (Fsp3) is 0.714. The third-order valence-electron chi connectivity index (χ3n) is 4.33. The lowest BCUT2D eigenvalue weighted by molar-refractivity contribution is 0.0915. The third-order valence-corrected chi connectivity index (χ3v) is 4.33. The number of hydrogen-bond donors (Lipinski definition) is 1. The first-order valence-electron chi connectivity index (χ1n) is 6.79. The van der Waals surface area contributed by atoms with Crippen molar-refractivity contribution in [2.75, 3.05) is 26.7 Å². The van der Waals surface area contributed by atoms with E-state index in [0.717, 1.165) is 31.8 Å². The van der Waals surface area contributed by atoms with Crippen LogP contribution >= 0.6 is 0 Å². The van der Waals surface area contributed by atoms with E-state index in [1.54, 1.807) is 6.26 Å². The molecule has 0 spiro atoms. The van der Waals surface area contributed by atoms with Gasteiger partial charge in [-0.3, -0.25) is 4.90 Å². The summed E-state index contributed by atoms with van der Waals surface area (Å²) in [4.78, 5) is 4.86. The van der Waals surface area contributed by atoms with Crippen LogP contribution in [0.5, 0.6) is 0 Å². The van der Waals surface area contributed by atoms with E-state index in [2.05, 4.69) is 30.7 Å². The second-order valence-electron chi connectivity index (χ2n) is 5.49. The molecule has 0 amide bonds. The molecule has 102 valence electrons. The fourth-order valence-electron chi connectivity index (χ4n) is 3.10. The van der Waals surface area contributed by atoms with Crippen LogP contribution in [0.25, 0.3) is 0 Å². The molecule has 0 aromatic carbocycles. The average Bonchev–Trinajstić information content (AvgIpc) is 2.96. The molecule has 4 heteroatoms. The van der Waals surface area contributed by atoms with E-state index < -0.39 is 0 Å². The van der Waals surface area contributed by atoms with Crippen LogP contribution < -0.4 is 5.73 Å². The van der Waals surface area contributed by atoms with Gasteiger partial charge in [0.15, 0.2) is 0 Å². The van der Waals surface area contributed by atoms with Crippen molar-refractivity contribution in [3.05, 3.63) is 24.2 Å². The Morgan fingerprint density at radius 3 is 2.83 bits per heavy atom. The Hall–Kier alpha value is -0.840. The van der Waals surface area contributed by atoms with Crippen LogP contribution in [-0.2, 0) is 6.54 Å². The number of nitrogens with two attached hydrogens (primary N) is 1. The molecular formula is C14H25N3O. The summed E-state index contributed by atoms with van der Waals surface area (Å²) >= 11 is 0. The minimum absolute atomic E-state index is 0.0930. The van der Waals surface area contributed by atoms with Crippen molar-refractivity contribution in [3.63, 3.8) is 0 Å². The number of rotatable bonds is 5. The number of hydrogen-bond acceptors (Lipinski definition) is 4. The summed E-state index contributed by atoms with van der Waals surface area (Å²) in [6.45, 7) is 8.07. The minimum Gasteiger partial charge on any atom is -0.468 e. The maximum Gasteiger partial charge on any atom is 0.117 e. The predicted molar refractivity (Wildman–Crippen MR) is 73.3 cm³/mol. The molecular weight excluding hydrogens is 226 g/mol. The largest absolute Gasteiger partial charge is 0.468 e. The molecule has 1 aromatic rings. The van der Waals surface area contributed by atoms with Crippen LogP contribution in [0.4, 0.5) is 0 Å². The van der Waals surface area contributed by atoms with Crippen molar-refractivity contribution in [2.24, 2.45) is 5.73 Å². The summed E-state index contributed by atoms with van der Waals surface area (Å²) in [5.41, 5.74) is 6.19. The van der Waals surface area contributed by atoms with Gasteiger partial charge >= 0.3 is 0 Å². The highest BCUT2D eigenvalue weighted by molar-refractivity contribution is 5.05. The zero-order valence-electron chi connectivity index (χ0n) is 11.7. The predicted octanol–water partition coefficient (Wildman–Crippen LogP) is 1.52. The quantitative estimate of drug-likeness (QED) is 0.862. The van der Waals surface area contributed by atoms with E-state index in [1.807, 2.05) is 12.1 Å². The van der Waals surface area contributed by atoms with Crippen molar-refractivity contribution in [3.8, 4) is 0 Å². The first-order chi connectivity index (χ1) is 8.61. The topological polar surface area (TPSA) is 45.6 Å². The lowest BCUT2D eigenvalue weighted by Crippen LogP contribution is -2.55. The van der Waals surface area contributed by atoms with E-state index in [9.17, 15) is 0 Å². The van der Waals surface area contributed by atoms with Crippen molar-refractivity contribution in [2.45, 2.75) is 38.4 Å². The number of nitrogens with zero attached hydrogens (tertiary/aromatic N) is 2. The van der Waals surface area contributed by atoms with Crippen molar-refractivity contribution in [1.29, 1.82) is 0 Å². The van der Waals surface area contributed by atoms with E-state index >= 15 is 0 Å². The van der Waals surface area contributed by atoms with Crippen LogP contribution in [0.15, 0.2) is 22.8 Å². The summed E-state index contributed by atoms with van der Waals surface area (Å²) in [6.07, 6.45) is 2.87. The molecule has 18 heavy (non-hydrogen) atoms. The van der Waals surface area contributed by atoms with E-state index in [-0.39, 0.29) is 5.54 Å². The fourth-order valence-corrected chi connectivity index (χ4v) is 3.10. The van der Waals surface area contributed by atoms with Gasteiger partial charge in [-0.05, 0) is 39.1 Å².